The van der Waals surface area contributed by atoms with Crippen LogP contribution in [0.1, 0.15) is 60.1 Å². The molecule has 2 aliphatic rings. The van der Waals surface area contributed by atoms with Crippen LogP contribution in [0.15, 0.2) is 12.4 Å². The smallest absolute Gasteiger partial charge is 0.271 e. The highest BCUT2D eigenvalue weighted by molar-refractivity contribution is 7.15. The monoisotopic (exact) mass is 559 g/mol. The molecule has 0 aliphatic heterocycles. The Morgan fingerprint density at radius 2 is 1.95 bits per heavy atom. The minimum Gasteiger partial charge on any atom is -0.344 e. The van der Waals surface area contributed by atoms with Crippen molar-refractivity contribution in [2.45, 2.75) is 71.0 Å². The summed E-state index contributed by atoms with van der Waals surface area (Å²) in [6.45, 7) is 4.95. The van der Waals surface area contributed by atoms with E-state index in [2.05, 4.69) is 26.3 Å². The van der Waals surface area contributed by atoms with Crippen LogP contribution >= 0.6 is 11.3 Å². The van der Waals surface area contributed by atoms with Crippen LogP contribution in [0.4, 0.5) is 10.9 Å². The largest absolute Gasteiger partial charge is 0.344 e. The van der Waals surface area contributed by atoms with Crippen molar-refractivity contribution in [3.8, 4) is 6.07 Å². The average Bonchev–Trinajstić information content (AvgIpc) is 3.85. The number of carbonyl (C=O) groups excluding carboxylic acids is 2. The van der Waals surface area contributed by atoms with Crippen molar-refractivity contribution >= 4 is 56.2 Å². The lowest BCUT2D eigenvalue weighted by molar-refractivity contribution is -0.129. The van der Waals surface area contributed by atoms with E-state index in [9.17, 15) is 9.59 Å². The SMILES string of the molecule is CCn1c(C(=O)N(C2CC2)C2CC2)cc2c3c(ncn3C)c(Nc3nc(C)c(CC(=O)N(C)CCC#N)s3)nc21. The Kier molecular flexibility index (Phi) is 6.70. The van der Waals surface area contributed by atoms with Crippen LogP contribution < -0.4 is 5.32 Å². The Balaban J connectivity index is 1.35. The topological polar surface area (TPSA) is 125 Å². The van der Waals surface area contributed by atoms with Gasteiger partial charge in [-0.15, -0.1) is 11.3 Å². The molecule has 2 saturated carbocycles. The lowest BCUT2D eigenvalue weighted by atomic mass is 10.2. The molecule has 0 bridgehead atoms. The first-order valence-corrected chi connectivity index (χ1v) is 14.6. The number of hydrogen-bond acceptors (Lipinski definition) is 8. The minimum absolute atomic E-state index is 0.0513. The van der Waals surface area contributed by atoms with E-state index >= 15 is 0 Å². The van der Waals surface area contributed by atoms with E-state index in [1.165, 1.54) is 11.3 Å². The zero-order valence-electron chi connectivity index (χ0n) is 23.3. The predicted molar refractivity (Wildman–Crippen MR) is 154 cm³/mol. The van der Waals surface area contributed by atoms with Crippen molar-refractivity contribution in [3.05, 3.63) is 28.7 Å². The van der Waals surface area contributed by atoms with Gasteiger partial charge in [-0.3, -0.25) is 9.59 Å². The molecule has 2 amide bonds. The molecule has 0 aromatic carbocycles. The number of nitrogens with one attached hydrogen (secondary N) is 1. The van der Waals surface area contributed by atoms with Gasteiger partial charge in [-0.05, 0) is 45.6 Å². The van der Waals surface area contributed by atoms with Crippen molar-refractivity contribution in [3.63, 3.8) is 0 Å². The third-order valence-corrected chi connectivity index (χ3v) is 8.84. The zero-order chi connectivity index (χ0) is 28.1. The molecule has 40 heavy (non-hydrogen) atoms. The fourth-order valence-electron chi connectivity index (χ4n) is 5.33. The van der Waals surface area contributed by atoms with E-state index in [1.807, 2.05) is 36.1 Å². The number of carbonyl (C=O) groups is 2. The number of amides is 2. The maximum absolute atomic E-state index is 13.8. The first-order valence-electron chi connectivity index (χ1n) is 13.8. The van der Waals surface area contributed by atoms with Crippen molar-refractivity contribution in [1.82, 2.24) is 33.9 Å². The highest BCUT2D eigenvalue weighted by atomic mass is 32.1. The quantitative estimate of drug-likeness (QED) is 0.310. The van der Waals surface area contributed by atoms with E-state index in [-0.39, 0.29) is 18.2 Å². The predicted octanol–water partition coefficient (Wildman–Crippen LogP) is 4.13. The van der Waals surface area contributed by atoms with Gasteiger partial charge in [0.2, 0.25) is 5.91 Å². The van der Waals surface area contributed by atoms with E-state index in [1.54, 1.807) is 18.3 Å². The second kappa shape index (κ2) is 10.2. The summed E-state index contributed by atoms with van der Waals surface area (Å²) in [6.07, 6.45) is 6.64. The van der Waals surface area contributed by atoms with Gasteiger partial charge in [0.15, 0.2) is 10.9 Å². The third kappa shape index (κ3) is 4.68. The highest BCUT2D eigenvalue weighted by Crippen LogP contribution is 2.40. The number of hydrogen-bond donors (Lipinski definition) is 1. The number of fused-ring (bicyclic) bond motifs is 3. The standard InChI is InChI=1S/C28H33N9O2S/c1-5-36-20(27(39)37(17-7-8-17)18-9-10-18)13-19-24-23(30-15-35(24)4)25(32-26(19)36)33-28-31-16(2)21(40-28)14-22(38)34(3)12-6-11-29/h13,15,17-18H,5-10,12,14H2,1-4H3,(H,31,32,33). The summed E-state index contributed by atoms with van der Waals surface area (Å²) in [5, 5.41) is 13.7. The summed E-state index contributed by atoms with van der Waals surface area (Å²) in [7, 11) is 3.66. The number of anilines is 2. The van der Waals surface area contributed by atoms with Gasteiger partial charge in [-0.1, -0.05) is 0 Å². The number of aromatic nitrogens is 5. The Labute approximate surface area is 236 Å². The highest BCUT2D eigenvalue weighted by Gasteiger charge is 2.43. The molecule has 0 spiro atoms. The van der Waals surface area contributed by atoms with Crippen molar-refractivity contribution in [1.29, 1.82) is 5.26 Å². The van der Waals surface area contributed by atoms with Gasteiger partial charge in [0.1, 0.15) is 16.9 Å². The minimum atomic E-state index is -0.0513. The fraction of sp³-hybridized carbons (Fsp3) is 0.500. The first-order chi connectivity index (χ1) is 19.3. The van der Waals surface area contributed by atoms with Crippen LogP contribution in [0.3, 0.4) is 0 Å². The molecule has 0 radical (unpaired) electrons. The Morgan fingerprint density at radius 1 is 1.23 bits per heavy atom. The molecular weight excluding hydrogens is 526 g/mol. The lowest BCUT2D eigenvalue weighted by Gasteiger charge is -2.22. The number of nitrogens with zero attached hydrogens (tertiary/aromatic N) is 8. The van der Waals surface area contributed by atoms with Gasteiger partial charge >= 0.3 is 0 Å². The second-order valence-electron chi connectivity index (χ2n) is 10.8. The van der Waals surface area contributed by atoms with Gasteiger partial charge in [0.25, 0.3) is 5.91 Å². The molecule has 0 saturated heterocycles. The number of rotatable bonds is 10. The fourth-order valence-corrected chi connectivity index (χ4v) is 6.28. The number of likely N-dealkylation sites (N-methyl/N-ethyl adjacent to an activating group) is 1. The van der Waals surface area contributed by atoms with Crippen LogP contribution in [0, 0.1) is 18.3 Å². The number of imidazole rings is 1. The van der Waals surface area contributed by atoms with E-state index in [0.717, 1.165) is 52.8 Å². The van der Waals surface area contributed by atoms with Crippen molar-refractivity contribution in [2.24, 2.45) is 7.05 Å². The van der Waals surface area contributed by atoms with Gasteiger partial charge < -0.3 is 24.3 Å². The zero-order valence-corrected chi connectivity index (χ0v) is 24.1. The van der Waals surface area contributed by atoms with Crippen LogP contribution in [0.2, 0.25) is 0 Å². The summed E-state index contributed by atoms with van der Waals surface area (Å²) < 4.78 is 3.98. The third-order valence-electron chi connectivity index (χ3n) is 7.77. The number of aryl methyl sites for hydroxylation is 3. The molecule has 0 atom stereocenters. The van der Waals surface area contributed by atoms with Crippen LogP contribution in [-0.2, 0) is 24.8 Å². The number of nitriles is 1. The summed E-state index contributed by atoms with van der Waals surface area (Å²) in [5.41, 5.74) is 3.79. The number of pyridine rings is 1. The Hall–Kier alpha value is -3.98. The summed E-state index contributed by atoms with van der Waals surface area (Å²) in [5.74, 6) is 0.609. The van der Waals surface area contributed by atoms with Gasteiger partial charge in [0.05, 0.1) is 36.4 Å². The number of thiazole rings is 1. The van der Waals surface area contributed by atoms with Crippen LogP contribution in [0.5, 0.6) is 0 Å². The summed E-state index contributed by atoms with van der Waals surface area (Å²) in [4.78, 5) is 45.3. The van der Waals surface area contributed by atoms with Crippen molar-refractivity contribution in [2.75, 3.05) is 18.9 Å². The lowest BCUT2D eigenvalue weighted by Crippen LogP contribution is -2.36. The molecule has 4 heterocycles. The van der Waals surface area contributed by atoms with Gasteiger partial charge in [0, 0.05) is 49.5 Å². The van der Waals surface area contributed by atoms with E-state index in [4.69, 9.17) is 10.2 Å². The van der Waals surface area contributed by atoms with E-state index in [0.29, 0.717) is 53.8 Å². The molecule has 1 N–H and O–H groups in total. The molecule has 4 aromatic heterocycles. The van der Waals surface area contributed by atoms with E-state index < -0.39 is 0 Å². The normalized spacial score (nSPS) is 15.0. The first kappa shape index (κ1) is 26.3. The van der Waals surface area contributed by atoms with Crippen molar-refractivity contribution < 1.29 is 9.59 Å². The molecule has 4 aromatic rings. The average molecular weight is 560 g/mol. The molecule has 6 rings (SSSR count). The van der Waals surface area contributed by atoms with Gasteiger partial charge in [-0.2, -0.15) is 5.26 Å². The van der Waals surface area contributed by atoms with Crippen LogP contribution in [-0.4, -0.2) is 71.4 Å². The molecule has 12 heteroatoms. The van der Waals surface area contributed by atoms with Crippen LogP contribution in [0.25, 0.3) is 22.1 Å². The molecule has 0 unspecified atom stereocenters. The molecule has 2 aliphatic carbocycles. The molecule has 11 nitrogen and oxygen atoms in total. The van der Waals surface area contributed by atoms with Gasteiger partial charge in [-0.25, -0.2) is 15.0 Å². The molecule has 2 fully saturated rings. The Morgan fingerprint density at radius 3 is 2.60 bits per heavy atom. The molecule has 208 valence electrons. The molecular formula is C28H33N9O2S. The summed E-state index contributed by atoms with van der Waals surface area (Å²) in [6, 6.07) is 4.79. The maximum Gasteiger partial charge on any atom is 0.271 e. The second-order valence-corrected chi connectivity index (χ2v) is 11.8. The summed E-state index contributed by atoms with van der Waals surface area (Å²) >= 11 is 1.41. The Bertz CT molecular complexity index is 1660. The maximum atomic E-state index is 13.8.